The summed E-state index contributed by atoms with van der Waals surface area (Å²) < 4.78 is 26.6. The standard InChI is InChI=1S/C19H25N5O2S2/c1-15(2)10-11-19-20-16(13-27-19)14-28(25,26)12-6-9-18-21-22-23-24(18)17-7-4-3-5-8-17/h3-5,7-8,13,15H,6,9-12,14H2,1-2H3. The van der Waals surface area contributed by atoms with E-state index in [0.717, 1.165) is 23.5 Å². The van der Waals surface area contributed by atoms with Crippen molar-refractivity contribution in [1.82, 2.24) is 25.2 Å². The number of benzene rings is 1. The summed E-state index contributed by atoms with van der Waals surface area (Å²) in [5.41, 5.74) is 1.51. The Hall–Kier alpha value is -2.13. The van der Waals surface area contributed by atoms with E-state index in [1.165, 1.54) is 0 Å². The van der Waals surface area contributed by atoms with Gasteiger partial charge in [0, 0.05) is 11.8 Å². The third kappa shape index (κ3) is 5.93. The largest absolute Gasteiger partial charge is 0.245 e. The second kappa shape index (κ2) is 9.38. The second-order valence-corrected chi connectivity index (χ2v) is 10.3. The number of nitrogens with zero attached hydrogens (tertiary/aromatic N) is 5. The quantitative estimate of drug-likeness (QED) is 0.501. The van der Waals surface area contributed by atoms with E-state index in [1.807, 2.05) is 35.7 Å². The zero-order chi connectivity index (χ0) is 20.0. The Labute approximate surface area is 169 Å². The molecule has 1 aromatic carbocycles. The summed E-state index contributed by atoms with van der Waals surface area (Å²) in [4.78, 5) is 4.48. The Morgan fingerprint density at radius 2 is 1.93 bits per heavy atom. The van der Waals surface area contributed by atoms with Crippen LogP contribution in [0.1, 0.15) is 43.2 Å². The van der Waals surface area contributed by atoms with Gasteiger partial charge in [0.25, 0.3) is 0 Å². The highest BCUT2D eigenvalue weighted by Gasteiger charge is 2.16. The molecule has 0 unspecified atom stereocenters. The first-order chi connectivity index (χ1) is 13.4. The van der Waals surface area contributed by atoms with Gasteiger partial charge in [0.05, 0.1) is 27.9 Å². The maximum absolute atomic E-state index is 12.5. The van der Waals surface area contributed by atoms with Gasteiger partial charge in [-0.05, 0) is 47.7 Å². The van der Waals surface area contributed by atoms with Gasteiger partial charge < -0.3 is 0 Å². The average Bonchev–Trinajstić information content (AvgIpc) is 3.29. The summed E-state index contributed by atoms with van der Waals surface area (Å²) in [6, 6.07) is 9.57. The van der Waals surface area contributed by atoms with E-state index in [1.54, 1.807) is 16.0 Å². The zero-order valence-corrected chi connectivity index (χ0v) is 17.8. The summed E-state index contributed by atoms with van der Waals surface area (Å²) in [6.45, 7) is 4.35. The van der Waals surface area contributed by atoms with E-state index in [-0.39, 0.29) is 11.5 Å². The van der Waals surface area contributed by atoms with Crippen molar-refractivity contribution in [3.8, 4) is 5.69 Å². The summed E-state index contributed by atoms with van der Waals surface area (Å²) in [5, 5.41) is 14.6. The van der Waals surface area contributed by atoms with Crippen LogP contribution in [0.3, 0.4) is 0 Å². The van der Waals surface area contributed by atoms with Crippen LogP contribution in [0.25, 0.3) is 5.69 Å². The van der Waals surface area contributed by atoms with Gasteiger partial charge in [-0.25, -0.2) is 13.4 Å². The summed E-state index contributed by atoms with van der Waals surface area (Å²) in [5.74, 6) is 1.36. The lowest BCUT2D eigenvalue weighted by atomic mass is 10.1. The molecule has 150 valence electrons. The van der Waals surface area contributed by atoms with E-state index in [4.69, 9.17) is 0 Å². The Balaban J connectivity index is 1.53. The van der Waals surface area contributed by atoms with Crippen molar-refractivity contribution in [2.45, 2.75) is 45.3 Å². The molecule has 0 saturated heterocycles. The Morgan fingerprint density at radius 1 is 1.14 bits per heavy atom. The fourth-order valence-electron chi connectivity index (χ4n) is 2.82. The molecule has 0 fully saturated rings. The number of thiazole rings is 1. The Bertz CT molecular complexity index is 981. The molecule has 0 N–H and O–H groups in total. The van der Waals surface area contributed by atoms with Crippen molar-refractivity contribution in [1.29, 1.82) is 0 Å². The molecule has 0 aliphatic rings. The number of aromatic nitrogens is 5. The molecule has 0 aliphatic carbocycles. The molecule has 28 heavy (non-hydrogen) atoms. The smallest absolute Gasteiger partial charge is 0.156 e. The number of rotatable bonds is 10. The average molecular weight is 420 g/mol. The van der Waals surface area contributed by atoms with E-state index in [2.05, 4.69) is 34.4 Å². The first-order valence-corrected chi connectivity index (χ1v) is 12.1. The van der Waals surface area contributed by atoms with E-state index < -0.39 is 9.84 Å². The van der Waals surface area contributed by atoms with Crippen molar-refractivity contribution in [3.05, 3.63) is 52.2 Å². The zero-order valence-electron chi connectivity index (χ0n) is 16.2. The summed E-state index contributed by atoms with van der Waals surface area (Å²) in [7, 11) is -3.22. The van der Waals surface area contributed by atoms with Crippen molar-refractivity contribution in [2.75, 3.05) is 5.75 Å². The third-order valence-electron chi connectivity index (χ3n) is 4.29. The molecule has 3 aromatic rings. The maximum atomic E-state index is 12.5. The second-order valence-electron chi connectivity index (χ2n) is 7.20. The Morgan fingerprint density at radius 3 is 2.68 bits per heavy atom. The third-order valence-corrected chi connectivity index (χ3v) is 6.90. The number of sulfone groups is 1. The minimum absolute atomic E-state index is 0.00515. The molecule has 0 bridgehead atoms. The van der Waals surface area contributed by atoms with Gasteiger partial charge >= 0.3 is 0 Å². The molecule has 2 heterocycles. The monoisotopic (exact) mass is 419 g/mol. The SMILES string of the molecule is CC(C)CCc1nc(CS(=O)(=O)CCCc2nnnn2-c2ccccc2)cs1. The molecule has 0 spiro atoms. The van der Waals surface area contributed by atoms with Crippen LogP contribution in [0.4, 0.5) is 0 Å². The molecule has 2 aromatic heterocycles. The van der Waals surface area contributed by atoms with Crippen molar-refractivity contribution in [2.24, 2.45) is 5.92 Å². The van der Waals surface area contributed by atoms with Gasteiger partial charge in [0.1, 0.15) is 0 Å². The van der Waals surface area contributed by atoms with Crippen LogP contribution in [0.5, 0.6) is 0 Å². The topological polar surface area (TPSA) is 90.6 Å². The first kappa shape index (κ1) is 20.6. The van der Waals surface area contributed by atoms with Crippen LogP contribution in [-0.4, -0.2) is 39.4 Å². The van der Waals surface area contributed by atoms with Gasteiger partial charge in [-0.1, -0.05) is 32.0 Å². The van der Waals surface area contributed by atoms with E-state index in [9.17, 15) is 8.42 Å². The van der Waals surface area contributed by atoms with Gasteiger partial charge in [0.2, 0.25) is 0 Å². The minimum Gasteiger partial charge on any atom is -0.245 e. The van der Waals surface area contributed by atoms with Gasteiger partial charge in [-0.15, -0.1) is 16.4 Å². The maximum Gasteiger partial charge on any atom is 0.156 e. The highest BCUT2D eigenvalue weighted by Crippen LogP contribution is 2.17. The Kier molecular flexibility index (Phi) is 6.90. The number of hydrogen-bond donors (Lipinski definition) is 0. The molecule has 3 rings (SSSR count). The minimum atomic E-state index is -3.22. The number of aryl methyl sites for hydroxylation is 2. The van der Waals surface area contributed by atoms with Crippen LogP contribution in [0.2, 0.25) is 0 Å². The fraction of sp³-hybridized carbons (Fsp3) is 0.474. The number of hydrogen-bond acceptors (Lipinski definition) is 7. The lowest BCUT2D eigenvalue weighted by Gasteiger charge is -2.05. The van der Waals surface area contributed by atoms with Crippen molar-refractivity contribution >= 4 is 21.2 Å². The van der Waals surface area contributed by atoms with E-state index >= 15 is 0 Å². The van der Waals surface area contributed by atoms with Crippen LogP contribution in [0.15, 0.2) is 35.7 Å². The van der Waals surface area contributed by atoms with Crippen LogP contribution in [-0.2, 0) is 28.4 Å². The lowest BCUT2D eigenvalue weighted by Crippen LogP contribution is -2.12. The summed E-state index contributed by atoms with van der Waals surface area (Å²) >= 11 is 1.55. The molecule has 9 heteroatoms. The molecule has 0 radical (unpaired) electrons. The molecule has 0 aliphatic heterocycles. The molecule has 0 saturated carbocycles. The van der Waals surface area contributed by atoms with Gasteiger partial charge in [0.15, 0.2) is 15.7 Å². The predicted octanol–water partition coefficient (Wildman–Crippen LogP) is 3.26. The fourth-order valence-corrected chi connectivity index (χ4v) is 5.07. The van der Waals surface area contributed by atoms with Crippen molar-refractivity contribution in [3.63, 3.8) is 0 Å². The highest BCUT2D eigenvalue weighted by molar-refractivity contribution is 7.90. The van der Waals surface area contributed by atoms with Gasteiger partial charge in [-0.3, -0.25) is 0 Å². The van der Waals surface area contributed by atoms with Crippen LogP contribution >= 0.6 is 11.3 Å². The molecule has 0 atom stereocenters. The normalized spacial score (nSPS) is 12.0. The molecular formula is C19H25N5O2S2. The molecule has 0 amide bonds. The van der Waals surface area contributed by atoms with Crippen LogP contribution < -0.4 is 0 Å². The van der Waals surface area contributed by atoms with E-state index in [0.29, 0.717) is 30.3 Å². The highest BCUT2D eigenvalue weighted by atomic mass is 32.2. The number of para-hydroxylation sites is 1. The van der Waals surface area contributed by atoms with Crippen molar-refractivity contribution < 1.29 is 8.42 Å². The van der Waals surface area contributed by atoms with Crippen LogP contribution in [0, 0.1) is 5.92 Å². The number of tetrazole rings is 1. The lowest BCUT2D eigenvalue weighted by molar-refractivity contribution is 0.583. The van der Waals surface area contributed by atoms with Gasteiger partial charge in [-0.2, -0.15) is 4.68 Å². The molecular weight excluding hydrogens is 394 g/mol. The first-order valence-electron chi connectivity index (χ1n) is 9.39. The summed E-state index contributed by atoms with van der Waals surface area (Å²) in [6.07, 6.45) is 2.94. The molecule has 7 nitrogen and oxygen atoms in total. The predicted molar refractivity (Wildman–Crippen MR) is 110 cm³/mol.